The summed E-state index contributed by atoms with van der Waals surface area (Å²) in [6.07, 6.45) is 3.86. The number of hydrogen-bond acceptors (Lipinski definition) is 3. The zero-order chi connectivity index (χ0) is 21.8. The van der Waals surface area contributed by atoms with Crippen molar-refractivity contribution in [2.24, 2.45) is 0 Å². The molecule has 30 heavy (non-hydrogen) atoms. The maximum atomic E-state index is 12.4. The van der Waals surface area contributed by atoms with E-state index < -0.39 is 10.0 Å². The molecule has 0 spiro atoms. The second-order valence-electron chi connectivity index (χ2n) is 8.07. The number of carbonyl (C=O) groups excluding carboxylic acids is 1. The molecule has 3 aromatic rings. The minimum Gasteiger partial charge on any atom is -0.351 e. The van der Waals surface area contributed by atoms with Crippen LogP contribution in [0.3, 0.4) is 0 Å². The minimum absolute atomic E-state index is 0.0416. The van der Waals surface area contributed by atoms with Crippen LogP contribution in [0.15, 0.2) is 78.0 Å². The van der Waals surface area contributed by atoms with Gasteiger partial charge in [-0.05, 0) is 59.5 Å². The van der Waals surface area contributed by atoms with E-state index >= 15 is 0 Å². The lowest BCUT2D eigenvalue weighted by Crippen LogP contribution is -2.34. The summed E-state index contributed by atoms with van der Waals surface area (Å²) >= 11 is 0. The summed E-state index contributed by atoms with van der Waals surface area (Å²) in [6.45, 7) is 6.52. The number of nitrogens with zero attached hydrogens (tertiary/aromatic N) is 1. The molecule has 2 N–H and O–H groups in total. The smallest absolute Gasteiger partial charge is 0.251 e. The summed E-state index contributed by atoms with van der Waals surface area (Å²) < 4.78 is 29.3. The second kappa shape index (κ2) is 8.85. The first-order valence-electron chi connectivity index (χ1n) is 9.79. The molecule has 7 heteroatoms. The third-order valence-corrected chi connectivity index (χ3v) is 6.24. The van der Waals surface area contributed by atoms with Crippen LogP contribution in [0.25, 0.3) is 5.69 Å². The number of rotatable bonds is 7. The van der Waals surface area contributed by atoms with E-state index in [9.17, 15) is 13.2 Å². The Morgan fingerprint density at radius 2 is 1.50 bits per heavy atom. The first kappa shape index (κ1) is 21.8. The zero-order valence-electron chi connectivity index (χ0n) is 17.4. The Morgan fingerprint density at radius 3 is 2.07 bits per heavy atom. The van der Waals surface area contributed by atoms with Gasteiger partial charge in [0, 0.05) is 36.7 Å². The van der Waals surface area contributed by atoms with Gasteiger partial charge in [-0.1, -0.05) is 32.9 Å². The van der Waals surface area contributed by atoms with Gasteiger partial charge in [-0.15, -0.1) is 0 Å². The van der Waals surface area contributed by atoms with Crippen LogP contribution in [0.4, 0.5) is 0 Å². The summed E-state index contributed by atoms with van der Waals surface area (Å²) in [5.74, 6) is -0.247. The monoisotopic (exact) mass is 425 g/mol. The lowest BCUT2D eigenvalue weighted by molar-refractivity contribution is 0.0954. The lowest BCUT2D eigenvalue weighted by atomic mass is 9.87. The highest BCUT2D eigenvalue weighted by atomic mass is 32.2. The van der Waals surface area contributed by atoms with Crippen molar-refractivity contribution in [1.82, 2.24) is 14.6 Å². The van der Waals surface area contributed by atoms with Gasteiger partial charge in [-0.3, -0.25) is 4.79 Å². The van der Waals surface area contributed by atoms with Gasteiger partial charge in [0.15, 0.2) is 0 Å². The average molecular weight is 426 g/mol. The lowest BCUT2D eigenvalue weighted by Gasteiger charge is -2.19. The van der Waals surface area contributed by atoms with Crippen LogP contribution < -0.4 is 10.0 Å². The van der Waals surface area contributed by atoms with Gasteiger partial charge in [-0.2, -0.15) is 0 Å². The number of nitrogens with one attached hydrogen (secondary N) is 2. The molecule has 0 aliphatic carbocycles. The Bertz CT molecular complexity index is 1080. The highest BCUT2D eigenvalue weighted by molar-refractivity contribution is 7.89. The molecule has 2 aromatic carbocycles. The van der Waals surface area contributed by atoms with Crippen molar-refractivity contribution in [2.75, 3.05) is 13.1 Å². The fourth-order valence-electron chi connectivity index (χ4n) is 2.97. The number of hydrogen-bond donors (Lipinski definition) is 2. The fourth-order valence-corrected chi connectivity index (χ4v) is 4.00. The molecule has 158 valence electrons. The predicted molar refractivity (Wildman–Crippen MR) is 118 cm³/mol. The van der Waals surface area contributed by atoms with Crippen LogP contribution in [0.5, 0.6) is 0 Å². The van der Waals surface area contributed by atoms with Gasteiger partial charge in [0.1, 0.15) is 0 Å². The fraction of sp³-hybridized carbons (Fsp3) is 0.261. The largest absolute Gasteiger partial charge is 0.351 e. The van der Waals surface area contributed by atoms with E-state index in [1.165, 1.54) is 0 Å². The van der Waals surface area contributed by atoms with E-state index in [0.29, 0.717) is 5.56 Å². The summed E-state index contributed by atoms with van der Waals surface area (Å²) in [6, 6.07) is 17.9. The van der Waals surface area contributed by atoms with Crippen molar-refractivity contribution < 1.29 is 13.2 Å². The van der Waals surface area contributed by atoms with Gasteiger partial charge >= 0.3 is 0 Å². The molecule has 0 unspecified atom stereocenters. The molecule has 0 fully saturated rings. The molecule has 0 radical (unpaired) electrons. The Kier molecular flexibility index (Phi) is 6.43. The first-order chi connectivity index (χ1) is 14.2. The van der Waals surface area contributed by atoms with Crippen LogP contribution >= 0.6 is 0 Å². The van der Waals surface area contributed by atoms with E-state index in [0.717, 1.165) is 11.3 Å². The zero-order valence-corrected chi connectivity index (χ0v) is 18.2. The molecular formula is C23H27N3O3S. The Labute approximate surface area is 178 Å². The first-order valence-corrected chi connectivity index (χ1v) is 11.3. The van der Waals surface area contributed by atoms with Crippen molar-refractivity contribution >= 4 is 15.9 Å². The van der Waals surface area contributed by atoms with Crippen molar-refractivity contribution in [2.45, 2.75) is 31.1 Å². The van der Waals surface area contributed by atoms with E-state index in [1.54, 1.807) is 24.3 Å². The Hall–Kier alpha value is -2.90. The molecule has 0 saturated heterocycles. The quantitative estimate of drug-likeness (QED) is 0.569. The highest BCUT2D eigenvalue weighted by Crippen LogP contribution is 2.23. The van der Waals surface area contributed by atoms with E-state index in [-0.39, 0.29) is 29.3 Å². The molecule has 0 saturated carbocycles. The second-order valence-corrected chi connectivity index (χ2v) is 9.83. The number of amides is 1. The molecule has 0 aliphatic heterocycles. The van der Waals surface area contributed by atoms with E-state index in [4.69, 9.17) is 0 Å². The summed E-state index contributed by atoms with van der Waals surface area (Å²) in [4.78, 5) is 12.5. The number of sulfonamides is 1. The summed E-state index contributed by atoms with van der Waals surface area (Å²) in [5, 5.41) is 2.73. The molecular weight excluding hydrogens is 398 g/mol. The highest BCUT2D eigenvalue weighted by Gasteiger charge is 2.17. The summed E-state index contributed by atoms with van der Waals surface area (Å²) in [5.41, 5.74) is 2.50. The molecule has 6 nitrogen and oxygen atoms in total. The van der Waals surface area contributed by atoms with Crippen molar-refractivity contribution in [1.29, 1.82) is 0 Å². The molecule has 0 bridgehead atoms. The van der Waals surface area contributed by atoms with Crippen molar-refractivity contribution in [3.8, 4) is 5.69 Å². The van der Waals surface area contributed by atoms with E-state index in [1.807, 2.05) is 53.4 Å². The summed E-state index contributed by atoms with van der Waals surface area (Å²) in [7, 11) is -3.62. The Morgan fingerprint density at radius 1 is 0.900 bits per heavy atom. The molecule has 1 aromatic heterocycles. The van der Waals surface area contributed by atoms with Crippen molar-refractivity contribution in [3.63, 3.8) is 0 Å². The normalized spacial score (nSPS) is 12.0. The Balaban J connectivity index is 1.50. The third kappa shape index (κ3) is 5.37. The van der Waals surface area contributed by atoms with Gasteiger partial charge in [0.05, 0.1) is 4.90 Å². The number of benzene rings is 2. The van der Waals surface area contributed by atoms with Crippen LogP contribution in [0, 0.1) is 0 Å². The topological polar surface area (TPSA) is 80.2 Å². The minimum atomic E-state index is -3.62. The maximum Gasteiger partial charge on any atom is 0.251 e. The van der Waals surface area contributed by atoms with Gasteiger partial charge in [-0.25, -0.2) is 13.1 Å². The van der Waals surface area contributed by atoms with E-state index in [2.05, 4.69) is 30.8 Å². The van der Waals surface area contributed by atoms with Crippen LogP contribution in [0.1, 0.15) is 36.7 Å². The molecule has 3 rings (SSSR count). The molecule has 1 heterocycles. The SMILES string of the molecule is CC(C)(C)c1ccc(S(=O)(=O)NCCNC(=O)c2ccc(-n3cccc3)cc2)cc1. The molecule has 1 amide bonds. The van der Waals surface area contributed by atoms with Crippen LogP contribution in [-0.2, 0) is 15.4 Å². The predicted octanol–water partition coefficient (Wildman–Crippen LogP) is 3.48. The molecule has 0 aliphatic rings. The maximum absolute atomic E-state index is 12.4. The van der Waals surface area contributed by atoms with Gasteiger partial charge in [0.25, 0.3) is 5.91 Å². The van der Waals surface area contributed by atoms with Gasteiger partial charge in [0.2, 0.25) is 10.0 Å². The standard InChI is InChI=1S/C23H27N3O3S/c1-23(2,3)19-8-12-21(13-9-19)30(28,29)25-15-14-24-22(27)18-6-10-20(11-7-18)26-16-4-5-17-26/h4-13,16-17,25H,14-15H2,1-3H3,(H,24,27). The van der Waals surface area contributed by atoms with Crippen LogP contribution in [-0.4, -0.2) is 32.0 Å². The third-order valence-electron chi connectivity index (χ3n) is 4.77. The van der Waals surface area contributed by atoms with Gasteiger partial charge < -0.3 is 9.88 Å². The number of carbonyl (C=O) groups is 1. The van der Waals surface area contributed by atoms with Crippen molar-refractivity contribution in [3.05, 3.63) is 84.2 Å². The average Bonchev–Trinajstić information content (AvgIpc) is 3.25. The van der Waals surface area contributed by atoms with Crippen LogP contribution in [0.2, 0.25) is 0 Å². The molecule has 0 atom stereocenters. The number of aromatic nitrogens is 1.